The van der Waals surface area contributed by atoms with Crippen molar-refractivity contribution in [2.75, 3.05) is 25.1 Å². The number of anilines is 1. The van der Waals surface area contributed by atoms with Crippen molar-refractivity contribution in [3.8, 4) is 0 Å². The van der Waals surface area contributed by atoms with Gasteiger partial charge in [-0.05, 0) is 18.6 Å². The third-order valence-corrected chi connectivity index (χ3v) is 3.44. The number of para-hydroxylation sites is 1. The van der Waals surface area contributed by atoms with Crippen LogP contribution in [0.4, 0.5) is 5.69 Å². The number of hydrogen-bond donors (Lipinski definition) is 2. The van der Waals surface area contributed by atoms with Gasteiger partial charge in [0, 0.05) is 32.5 Å². The summed E-state index contributed by atoms with van der Waals surface area (Å²) in [5.74, 6) is -0.304. The van der Waals surface area contributed by atoms with Gasteiger partial charge in [0.15, 0.2) is 0 Å². The number of aliphatic hydroxyl groups excluding tert-OH is 1. The number of benzene rings is 1. The molecular weight excluding hydrogens is 244 g/mol. The number of carbonyl (C=O) groups is 2. The Morgan fingerprint density at radius 2 is 2.26 bits per heavy atom. The number of amides is 2. The quantitative estimate of drug-likeness (QED) is 0.842. The number of nitrogens with zero attached hydrogens (tertiary/aromatic N) is 1. The third kappa shape index (κ3) is 2.46. The summed E-state index contributed by atoms with van der Waals surface area (Å²) in [5.41, 5.74) is 2.03. The molecule has 5 heteroatoms. The molecule has 5 nitrogen and oxygen atoms in total. The largest absolute Gasteiger partial charge is 0.396 e. The first-order valence-corrected chi connectivity index (χ1v) is 6.31. The van der Waals surface area contributed by atoms with Crippen molar-refractivity contribution >= 4 is 17.5 Å². The lowest BCUT2D eigenvalue weighted by Crippen LogP contribution is -2.29. The van der Waals surface area contributed by atoms with E-state index in [1.807, 2.05) is 13.0 Å². The predicted octanol–water partition coefficient (Wildman–Crippen LogP) is 0.700. The number of nitrogens with one attached hydrogen (secondary N) is 1. The van der Waals surface area contributed by atoms with Crippen LogP contribution in [0.25, 0.3) is 0 Å². The molecule has 1 aliphatic heterocycles. The number of aliphatic hydroxyl groups is 1. The summed E-state index contributed by atoms with van der Waals surface area (Å²) in [7, 11) is 1.57. The fourth-order valence-corrected chi connectivity index (χ4v) is 2.46. The van der Waals surface area contributed by atoms with Crippen LogP contribution in [0.3, 0.4) is 0 Å². The van der Waals surface area contributed by atoms with Crippen LogP contribution in [0.2, 0.25) is 0 Å². The Morgan fingerprint density at radius 1 is 1.53 bits per heavy atom. The van der Waals surface area contributed by atoms with Crippen LogP contribution in [0.1, 0.15) is 22.3 Å². The maximum atomic E-state index is 12.0. The second kappa shape index (κ2) is 5.40. The van der Waals surface area contributed by atoms with E-state index >= 15 is 0 Å². The average molecular weight is 262 g/mol. The van der Waals surface area contributed by atoms with E-state index in [0.29, 0.717) is 24.2 Å². The molecule has 0 aliphatic carbocycles. The summed E-state index contributed by atoms with van der Waals surface area (Å²) in [6, 6.07) is 5.38. The van der Waals surface area contributed by atoms with Gasteiger partial charge in [0.1, 0.15) is 0 Å². The molecule has 1 atom stereocenters. The number of carbonyl (C=O) groups excluding carboxylic acids is 2. The molecule has 1 aromatic carbocycles. The second-order valence-electron chi connectivity index (χ2n) is 4.81. The van der Waals surface area contributed by atoms with Gasteiger partial charge in [-0.15, -0.1) is 0 Å². The Bertz CT molecular complexity index is 513. The van der Waals surface area contributed by atoms with E-state index < -0.39 is 0 Å². The van der Waals surface area contributed by atoms with Gasteiger partial charge in [-0.25, -0.2) is 0 Å². The summed E-state index contributed by atoms with van der Waals surface area (Å²) in [6.45, 7) is 2.33. The first-order valence-electron chi connectivity index (χ1n) is 6.31. The van der Waals surface area contributed by atoms with E-state index in [0.717, 1.165) is 5.56 Å². The molecule has 19 heavy (non-hydrogen) atoms. The number of hydrogen-bond acceptors (Lipinski definition) is 3. The molecule has 0 spiro atoms. The van der Waals surface area contributed by atoms with Crippen molar-refractivity contribution in [3.05, 3.63) is 29.3 Å². The van der Waals surface area contributed by atoms with Crippen LogP contribution in [0.15, 0.2) is 18.2 Å². The van der Waals surface area contributed by atoms with Crippen LogP contribution >= 0.6 is 0 Å². The Balaban J connectivity index is 2.44. The lowest BCUT2D eigenvalue weighted by atomic mass is 10.1. The molecule has 2 N–H and O–H groups in total. The zero-order valence-electron chi connectivity index (χ0n) is 11.1. The summed E-state index contributed by atoms with van der Waals surface area (Å²) >= 11 is 0. The molecule has 1 saturated heterocycles. The lowest BCUT2D eigenvalue weighted by molar-refractivity contribution is -0.117. The van der Waals surface area contributed by atoms with Crippen LogP contribution in [-0.2, 0) is 4.79 Å². The molecule has 0 saturated carbocycles. The zero-order chi connectivity index (χ0) is 14.0. The van der Waals surface area contributed by atoms with E-state index in [2.05, 4.69) is 5.32 Å². The maximum Gasteiger partial charge on any atom is 0.253 e. The highest BCUT2D eigenvalue weighted by molar-refractivity contribution is 6.06. The van der Waals surface area contributed by atoms with Crippen molar-refractivity contribution in [1.82, 2.24) is 5.32 Å². The molecule has 1 unspecified atom stereocenters. The molecule has 102 valence electrons. The van der Waals surface area contributed by atoms with Crippen molar-refractivity contribution in [2.24, 2.45) is 5.92 Å². The van der Waals surface area contributed by atoms with Crippen molar-refractivity contribution in [1.29, 1.82) is 0 Å². The Labute approximate surface area is 112 Å². The van der Waals surface area contributed by atoms with E-state index in [1.54, 1.807) is 24.1 Å². The highest BCUT2D eigenvalue weighted by atomic mass is 16.3. The van der Waals surface area contributed by atoms with Gasteiger partial charge < -0.3 is 15.3 Å². The monoisotopic (exact) mass is 262 g/mol. The molecule has 0 bridgehead atoms. The minimum absolute atomic E-state index is 0.0105. The van der Waals surface area contributed by atoms with Gasteiger partial charge in [-0.3, -0.25) is 9.59 Å². The third-order valence-electron chi connectivity index (χ3n) is 3.44. The van der Waals surface area contributed by atoms with Gasteiger partial charge in [0.2, 0.25) is 5.91 Å². The predicted molar refractivity (Wildman–Crippen MR) is 72.1 cm³/mol. The van der Waals surface area contributed by atoms with E-state index in [1.165, 1.54) is 0 Å². The fourth-order valence-electron chi connectivity index (χ4n) is 2.46. The summed E-state index contributed by atoms with van der Waals surface area (Å²) in [4.78, 5) is 25.6. The van der Waals surface area contributed by atoms with Gasteiger partial charge in [-0.2, -0.15) is 0 Å². The molecule has 1 aromatic rings. The highest BCUT2D eigenvalue weighted by Gasteiger charge is 2.32. The minimum Gasteiger partial charge on any atom is -0.396 e. The Morgan fingerprint density at radius 3 is 2.84 bits per heavy atom. The SMILES string of the molecule is CNC(=O)c1cccc(C)c1N1CC(CO)CC1=O. The van der Waals surface area contributed by atoms with Crippen molar-refractivity contribution < 1.29 is 14.7 Å². The summed E-state index contributed by atoms with van der Waals surface area (Å²) < 4.78 is 0. The van der Waals surface area contributed by atoms with E-state index in [9.17, 15) is 14.7 Å². The Kier molecular flexibility index (Phi) is 3.85. The first kappa shape index (κ1) is 13.5. The first-order chi connectivity index (χ1) is 9.08. The Hall–Kier alpha value is -1.88. The van der Waals surface area contributed by atoms with Crippen LogP contribution in [-0.4, -0.2) is 37.1 Å². The van der Waals surface area contributed by atoms with Crippen LogP contribution < -0.4 is 10.2 Å². The van der Waals surface area contributed by atoms with Crippen molar-refractivity contribution in [2.45, 2.75) is 13.3 Å². The smallest absolute Gasteiger partial charge is 0.253 e. The van der Waals surface area contributed by atoms with Gasteiger partial charge in [0.05, 0.1) is 11.3 Å². The topological polar surface area (TPSA) is 69.6 Å². The van der Waals surface area contributed by atoms with E-state index in [-0.39, 0.29) is 24.3 Å². The van der Waals surface area contributed by atoms with Crippen molar-refractivity contribution in [3.63, 3.8) is 0 Å². The normalized spacial score (nSPS) is 18.8. The summed E-state index contributed by atoms with van der Waals surface area (Å²) in [5, 5.41) is 11.8. The standard InChI is InChI=1S/C14H18N2O3/c1-9-4-3-5-11(14(19)15-2)13(9)16-7-10(8-17)6-12(16)18/h3-5,10,17H,6-8H2,1-2H3,(H,15,19). The van der Waals surface area contributed by atoms with Gasteiger partial charge in [-0.1, -0.05) is 12.1 Å². The molecule has 1 fully saturated rings. The van der Waals surface area contributed by atoms with Crippen LogP contribution in [0.5, 0.6) is 0 Å². The number of rotatable bonds is 3. The zero-order valence-corrected chi connectivity index (χ0v) is 11.1. The molecule has 1 heterocycles. The molecule has 0 radical (unpaired) electrons. The maximum absolute atomic E-state index is 12.0. The fraction of sp³-hybridized carbons (Fsp3) is 0.429. The summed E-state index contributed by atoms with van der Waals surface area (Å²) in [6.07, 6.45) is 0.331. The van der Waals surface area contributed by atoms with Crippen LogP contribution in [0, 0.1) is 12.8 Å². The number of aryl methyl sites for hydroxylation is 1. The lowest BCUT2D eigenvalue weighted by Gasteiger charge is -2.22. The van der Waals surface area contributed by atoms with Gasteiger partial charge in [0.25, 0.3) is 5.91 Å². The minimum atomic E-state index is -0.209. The molecule has 0 aromatic heterocycles. The average Bonchev–Trinajstić information content (AvgIpc) is 2.78. The molecular formula is C14H18N2O3. The highest BCUT2D eigenvalue weighted by Crippen LogP contribution is 2.31. The molecule has 1 aliphatic rings. The second-order valence-corrected chi connectivity index (χ2v) is 4.81. The van der Waals surface area contributed by atoms with E-state index in [4.69, 9.17) is 0 Å². The molecule has 2 rings (SSSR count). The van der Waals surface area contributed by atoms with Gasteiger partial charge >= 0.3 is 0 Å². The molecule has 2 amide bonds.